The van der Waals surface area contributed by atoms with Gasteiger partial charge < -0.3 is 10.6 Å². The van der Waals surface area contributed by atoms with Crippen LogP contribution < -0.4 is 10.6 Å². The number of hydrogen-bond donors (Lipinski definition) is 2. The highest BCUT2D eigenvalue weighted by Gasteiger charge is 2.22. The molecule has 104 valence electrons. The van der Waals surface area contributed by atoms with Crippen molar-refractivity contribution in [2.24, 2.45) is 0 Å². The van der Waals surface area contributed by atoms with E-state index in [9.17, 15) is 10.1 Å². The highest BCUT2D eigenvalue weighted by molar-refractivity contribution is 9.10. The van der Waals surface area contributed by atoms with Crippen LogP contribution in [0.4, 0.5) is 23.0 Å². The van der Waals surface area contributed by atoms with Crippen LogP contribution in [0.3, 0.4) is 0 Å². The molecular formula is C12H12BrN5O2. The number of benzene rings is 1. The number of hydrogen-bond acceptors (Lipinski definition) is 6. The van der Waals surface area contributed by atoms with Crippen molar-refractivity contribution in [1.29, 1.82) is 0 Å². The molecule has 2 aromatic rings. The fourth-order valence-electron chi connectivity index (χ4n) is 1.63. The number of anilines is 3. The van der Waals surface area contributed by atoms with Crippen molar-refractivity contribution in [3.8, 4) is 0 Å². The number of nitrogens with zero attached hydrogens (tertiary/aromatic N) is 3. The molecule has 7 nitrogen and oxygen atoms in total. The summed E-state index contributed by atoms with van der Waals surface area (Å²) in [5.41, 5.74) is 0.516. The first-order valence-electron chi connectivity index (χ1n) is 5.88. The first kappa shape index (κ1) is 14.2. The van der Waals surface area contributed by atoms with E-state index in [1.807, 2.05) is 25.1 Å². The van der Waals surface area contributed by atoms with Crippen molar-refractivity contribution in [3.63, 3.8) is 0 Å². The van der Waals surface area contributed by atoms with E-state index in [4.69, 9.17) is 0 Å². The predicted octanol–water partition coefficient (Wildman–Crippen LogP) is 3.32. The first-order valence-corrected chi connectivity index (χ1v) is 6.67. The summed E-state index contributed by atoms with van der Waals surface area (Å²) < 4.78 is 0.790. The number of aromatic nitrogens is 2. The number of rotatable bonds is 5. The van der Waals surface area contributed by atoms with Gasteiger partial charge in [-0.05, 0) is 35.0 Å². The smallest absolute Gasteiger partial charge is 0.353 e. The van der Waals surface area contributed by atoms with Crippen molar-refractivity contribution >= 4 is 38.9 Å². The van der Waals surface area contributed by atoms with Crippen LogP contribution in [-0.4, -0.2) is 21.4 Å². The van der Waals surface area contributed by atoms with Crippen molar-refractivity contribution in [2.75, 3.05) is 17.2 Å². The van der Waals surface area contributed by atoms with Crippen LogP contribution in [0.5, 0.6) is 0 Å². The minimum absolute atomic E-state index is 0.146. The molecule has 2 N–H and O–H groups in total. The molecule has 0 amide bonds. The zero-order chi connectivity index (χ0) is 14.5. The molecule has 0 aliphatic rings. The zero-order valence-corrected chi connectivity index (χ0v) is 12.2. The average Bonchev–Trinajstić information content (AvgIpc) is 2.41. The molecule has 20 heavy (non-hydrogen) atoms. The quantitative estimate of drug-likeness (QED) is 0.642. The molecule has 2 rings (SSSR count). The van der Waals surface area contributed by atoms with E-state index in [-0.39, 0.29) is 17.3 Å². The molecule has 0 bridgehead atoms. The molecule has 1 aromatic carbocycles. The molecule has 0 aliphatic heterocycles. The van der Waals surface area contributed by atoms with E-state index in [0.29, 0.717) is 12.2 Å². The second kappa shape index (κ2) is 6.29. The summed E-state index contributed by atoms with van der Waals surface area (Å²) >= 11 is 3.37. The molecule has 0 aliphatic carbocycles. The second-order valence-electron chi connectivity index (χ2n) is 3.81. The molecule has 0 unspecified atom stereocenters. The van der Waals surface area contributed by atoms with Crippen molar-refractivity contribution in [2.45, 2.75) is 6.92 Å². The first-order chi connectivity index (χ1) is 9.63. The topological polar surface area (TPSA) is 93.0 Å². The van der Waals surface area contributed by atoms with Gasteiger partial charge in [-0.15, -0.1) is 0 Å². The van der Waals surface area contributed by atoms with Gasteiger partial charge in [0.25, 0.3) is 0 Å². The summed E-state index contributed by atoms with van der Waals surface area (Å²) in [6.45, 7) is 2.37. The van der Waals surface area contributed by atoms with Gasteiger partial charge in [-0.2, -0.15) is 0 Å². The zero-order valence-electron chi connectivity index (χ0n) is 10.6. The molecular weight excluding hydrogens is 326 g/mol. The van der Waals surface area contributed by atoms with Crippen molar-refractivity contribution < 1.29 is 4.92 Å². The van der Waals surface area contributed by atoms with Crippen LogP contribution in [0.2, 0.25) is 0 Å². The molecule has 8 heteroatoms. The third kappa shape index (κ3) is 3.02. The van der Waals surface area contributed by atoms with Gasteiger partial charge in [0.15, 0.2) is 0 Å². The molecule has 0 saturated carbocycles. The number of halogens is 1. The van der Waals surface area contributed by atoms with Gasteiger partial charge in [-0.1, -0.05) is 12.1 Å². The third-order valence-corrected chi connectivity index (χ3v) is 3.17. The van der Waals surface area contributed by atoms with E-state index in [1.54, 1.807) is 6.07 Å². The van der Waals surface area contributed by atoms with Gasteiger partial charge in [0.05, 0.1) is 10.6 Å². The summed E-state index contributed by atoms with van der Waals surface area (Å²) in [4.78, 5) is 18.6. The lowest BCUT2D eigenvalue weighted by molar-refractivity contribution is -0.383. The highest BCUT2D eigenvalue weighted by Crippen LogP contribution is 2.33. The Balaban J connectivity index is 2.44. The number of para-hydroxylation sites is 1. The standard InChI is InChI=1S/C12H12BrN5O2/c1-2-14-11-10(18(19)20)12(16-7-15-11)17-9-6-4-3-5-8(9)13/h3-7H,2H2,1H3,(H2,14,15,16,17). The normalized spacial score (nSPS) is 10.1. The third-order valence-electron chi connectivity index (χ3n) is 2.48. The Labute approximate surface area is 123 Å². The second-order valence-corrected chi connectivity index (χ2v) is 4.67. The Bertz CT molecular complexity index is 635. The Morgan fingerprint density at radius 2 is 2.00 bits per heavy atom. The van der Waals surface area contributed by atoms with E-state index >= 15 is 0 Å². The van der Waals surface area contributed by atoms with Crippen LogP contribution in [0.25, 0.3) is 0 Å². The van der Waals surface area contributed by atoms with Gasteiger partial charge >= 0.3 is 5.69 Å². The SMILES string of the molecule is CCNc1ncnc(Nc2ccccc2Br)c1[N+](=O)[O-]. The summed E-state index contributed by atoms with van der Waals surface area (Å²) in [6, 6.07) is 7.31. The van der Waals surface area contributed by atoms with Gasteiger partial charge in [-0.25, -0.2) is 9.97 Å². The maximum Gasteiger partial charge on any atom is 0.353 e. The summed E-state index contributed by atoms with van der Waals surface area (Å²) in [7, 11) is 0. The van der Waals surface area contributed by atoms with Gasteiger partial charge in [0.2, 0.25) is 11.6 Å². The van der Waals surface area contributed by atoms with E-state index < -0.39 is 4.92 Å². The van der Waals surface area contributed by atoms with Crippen LogP contribution >= 0.6 is 15.9 Å². The Hall–Kier alpha value is -2.22. The van der Waals surface area contributed by atoms with Gasteiger partial charge in [0.1, 0.15) is 6.33 Å². The number of nitro groups is 1. The fourth-order valence-corrected chi connectivity index (χ4v) is 2.01. The predicted molar refractivity (Wildman–Crippen MR) is 80.3 cm³/mol. The average molecular weight is 338 g/mol. The molecule has 0 fully saturated rings. The lowest BCUT2D eigenvalue weighted by Gasteiger charge is -2.10. The van der Waals surface area contributed by atoms with Gasteiger partial charge in [-0.3, -0.25) is 10.1 Å². The monoisotopic (exact) mass is 337 g/mol. The summed E-state index contributed by atoms with van der Waals surface area (Å²) in [5.74, 6) is 0.343. The van der Waals surface area contributed by atoms with E-state index in [1.165, 1.54) is 6.33 Å². The Kier molecular flexibility index (Phi) is 4.46. The van der Waals surface area contributed by atoms with Gasteiger partial charge in [0, 0.05) is 11.0 Å². The van der Waals surface area contributed by atoms with Crippen LogP contribution in [0, 0.1) is 10.1 Å². The summed E-state index contributed by atoms with van der Waals surface area (Å²) in [5, 5.41) is 17.0. The van der Waals surface area contributed by atoms with E-state index in [0.717, 1.165) is 4.47 Å². The summed E-state index contributed by atoms with van der Waals surface area (Å²) in [6.07, 6.45) is 1.28. The minimum atomic E-state index is -0.503. The van der Waals surface area contributed by atoms with Crippen molar-refractivity contribution in [1.82, 2.24) is 9.97 Å². The molecule has 0 radical (unpaired) electrons. The highest BCUT2D eigenvalue weighted by atomic mass is 79.9. The van der Waals surface area contributed by atoms with Crippen LogP contribution in [0.15, 0.2) is 35.1 Å². The molecule has 0 saturated heterocycles. The molecule has 1 aromatic heterocycles. The molecule has 0 spiro atoms. The minimum Gasteiger partial charge on any atom is -0.364 e. The molecule has 1 heterocycles. The Morgan fingerprint density at radius 1 is 1.30 bits per heavy atom. The number of nitrogens with one attached hydrogen (secondary N) is 2. The van der Waals surface area contributed by atoms with Crippen molar-refractivity contribution in [3.05, 3.63) is 45.2 Å². The Morgan fingerprint density at radius 3 is 2.65 bits per heavy atom. The van der Waals surface area contributed by atoms with Crippen LogP contribution in [0.1, 0.15) is 6.92 Å². The fraction of sp³-hybridized carbons (Fsp3) is 0.167. The maximum absolute atomic E-state index is 11.2. The largest absolute Gasteiger partial charge is 0.364 e. The lowest BCUT2D eigenvalue weighted by atomic mass is 10.3. The lowest BCUT2D eigenvalue weighted by Crippen LogP contribution is -2.07. The molecule has 0 atom stereocenters. The van der Waals surface area contributed by atoms with E-state index in [2.05, 4.69) is 36.5 Å². The van der Waals surface area contributed by atoms with Crippen LogP contribution in [-0.2, 0) is 0 Å². The maximum atomic E-state index is 11.2.